The smallest absolute Gasteiger partial charge is 0.257 e. The number of aromatic nitrogens is 1. The standard InChI is InChI=1S/C22H25N3O4S2/c1-14-8-13-18(29-3)19-20(14)30-22(23-19)24-21(26)15-9-11-17(12-10-15)31(27,28)25(2)16-6-4-5-7-16/h8-13,16H,4-7H2,1-3H3,(H,23,24,26). The van der Waals surface area contributed by atoms with Gasteiger partial charge in [0.1, 0.15) is 11.3 Å². The predicted octanol–water partition coefficient (Wildman–Crippen LogP) is 4.43. The molecule has 1 aliphatic carbocycles. The van der Waals surface area contributed by atoms with Crippen molar-refractivity contribution in [3.05, 3.63) is 47.5 Å². The van der Waals surface area contributed by atoms with Crippen LogP contribution in [-0.4, -0.2) is 43.8 Å². The van der Waals surface area contributed by atoms with E-state index in [1.54, 1.807) is 14.2 Å². The monoisotopic (exact) mass is 459 g/mol. The van der Waals surface area contributed by atoms with Crippen molar-refractivity contribution in [1.82, 2.24) is 9.29 Å². The van der Waals surface area contributed by atoms with Crippen LogP contribution in [0, 0.1) is 6.92 Å². The Balaban J connectivity index is 1.52. The van der Waals surface area contributed by atoms with Crippen molar-refractivity contribution < 1.29 is 17.9 Å². The molecular weight excluding hydrogens is 434 g/mol. The highest BCUT2D eigenvalue weighted by Gasteiger charge is 2.30. The molecule has 2 aromatic carbocycles. The summed E-state index contributed by atoms with van der Waals surface area (Å²) in [6.07, 6.45) is 3.90. The lowest BCUT2D eigenvalue weighted by Gasteiger charge is -2.23. The quantitative estimate of drug-likeness (QED) is 0.589. The van der Waals surface area contributed by atoms with Gasteiger partial charge in [-0.05, 0) is 55.7 Å². The van der Waals surface area contributed by atoms with E-state index >= 15 is 0 Å². The highest BCUT2D eigenvalue weighted by Crippen LogP contribution is 2.35. The average molecular weight is 460 g/mol. The first-order chi connectivity index (χ1) is 14.8. The maximum Gasteiger partial charge on any atom is 0.257 e. The summed E-state index contributed by atoms with van der Waals surface area (Å²) in [4.78, 5) is 17.4. The molecule has 0 spiro atoms. The minimum absolute atomic E-state index is 0.0486. The topological polar surface area (TPSA) is 88.6 Å². The number of benzene rings is 2. The number of thiazole rings is 1. The Bertz CT molecular complexity index is 1210. The largest absolute Gasteiger partial charge is 0.494 e. The van der Waals surface area contributed by atoms with Crippen molar-refractivity contribution in [2.45, 2.75) is 43.5 Å². The van der Waals surface area contributed by atoms with Gasteiger partial charge in [0.15, 0.2) is 5.13 Å². The van der Waals surface area contributed by atoms with Crippen LogP contribution in [0.4, 0.5) is 5.13 Å². The first-order valence-corrected chi connectivity index (χ1v) is 12.4. The number of nitrogens with zero attached hydrogens (tertiary/aromatic N) is 2. The number of hydrogen-bond acceptors (Lipinski definition) is 6. The molecule has 4 rings (SSSR count). The molecule has 0 atom stereocenters. The molecule has 0 bridgehead atoms. The summed E-state index contributed by atoms with van der Waals surface area (Å²) in [5.41, 5.74) is 2.12. The molecule has 1 aromatic heterocycles. The van der Waals surface area contributed by atoms with Gasteiger partial charge < -0.3 is 4.74 Å². The molecule has 1 saturated carbocycles. The summed E-state index contributed by atoms with van der Waals surface area (Å²) in [5.74, 6) is 0.307. The summed E-state index contributed by atoms with van der Waals surface area (Å²) in [6, 6.07) is 9.89. The van der Waals surface area contributed by atoms with E-state index in [0.29, 0.717) is 22.0 Å². The molecule has 1 N–H and O–H groups in total. The number of ether oxygens (including phenoxy) is 1. The van der Waals surface area contributed by atoms with Crippen LogP contribution in [0.1, 0.15) is 41.6 Å². The van der Waals surface area contributed by atoms with Crippen LogP contribution in [0.5, 0.6) is 5.75 Å². The summed E-state index contributed by atoms with van der Waals surface area (Å²) >= 11 is 1.38. The third kappa shape index (κ3) is 4.17. The number of aryl methyl sites for hydroxylation is 1. The van der Waals surface area contributed by atoms with Crippen LogP contribution in [0.25, 0.3) is 10.2 Å². The number of fused-ring (bicyclic) bond motifs is 1. The SMILES string of the molecule is COc1ccc(C)c2sc(NC(=O)c3ccc(S(=O)(=O)N(C)C4CCCC4)cc3)nc12. The fourth-order valence-corrected chi connectivity index (χ4v) is 6.27. The number of anilines is 1. The Kier molecular flexibility index (Phi) is 6.00. The predicted molar refractivity (Wildman–Crippen MR) is 123 cm³/mol. The number of amides is 1. The molecule has 1 amide bonds. The van der Waals surface area contributed by atoms with E-state index in [-0.39, 0.29) is 16.8 Å². The summed E-state index contributed by atoms with van der Waals surface area (Å²) in [6.45, 7) is 1.98. The molecule has 0 radical (unpaired) electrons. The molecule has 0 unspecified atom stereocenters. The van der Waals surface area contributed by atoms with E-state index < -0.39 is 10.0 Å². The molecule has 1 fully saturated rings. The number of hydrogen-bond donors (Lipinski definition) is 1. The molecule has 1 aliphatic rings. The highest BCUT2D eigenvalue weighted by molar-refractivity contribution is 7.89. The van der Waals surface area contributed by atoms with Crippen LogP contribution in [0.15, 0.2) is 41.3 Å². The molecule has 7 nitrogen and oxygen atoms in total. The third-order valence-electron chi connectivity index (χ3n) is 5.78. The molecule has 0 aliphatic heterocycles. The van der Waals surface area contributed by atoms with E-state index in [1.807, 2.05) is 19.1 Å². The number of rotatable bonds is 6. The van der Waals surface area contributed by atoms with Crippen molar-refractivity contribution in [3.63, 3.8) is 0 Å². The fraction of sp³-hybridized carbons (Fsp3) is 0.364. The lowest BCUT2D eigenvalue weighted by atomic mass is 10.2. The number of methoxy groups -OCH3 is 1. The van der Waals surface area contributed by atoms with Gasteiger partial charge in [-0.15, -0.1) is 0 Å². The van der Waals surface area contributed by atoms with Gasteiger partial charge in [-0.25, -0.2) is 13.4 Å². The van der Waals surface area contributed by atoms with Gasteiger partial charge in [-0.3, -0.25) is 10.1 Å². The van der Waals surface area contributed by atoms with Crippen LogP contribution in [0.2, 0.25) is 0 Å². The first-order valence-electron chi connectivity index (χ1n) is 10.1. The minimum Gasteiger partial charge on any atom is -0.494 e. The van der Waals surface area contributed by atoms with E-state index in [2.05, 4.69) is 10.3 Å². The van der Waals surface area contributed by atoms with Gasteiger partial charge >= 0.3 is 0 Å². The van der Waals surface area contributed by atoms with Gasteiger partial charge in [0.2, 0.25) is 10.0 Å². The molecule has 0 saturated heterocycles. The zero-order valence-electron chi connectivity index (χ0n) is 17.7. The number of carbonyl (C=O) groups is 1. The summed E-state index contributed by atoms with van der Waals surface area (Å²) < 4.78 is 33.5. The molecule has 1 heterocycles. The number of carbonyl (C=O) groups excluding carboxylic acids is 1. The zero-order chi connectivity index (χ0) is 22.2. The fourth-order valence-electron chi connectivity index (χ4n) is 3.91. The highest BCUT2D eigenvalue weighted by atomic mass is 32.2. The summed E-state index contributed by atoms with van der Waals surface area (Å²) in [5, 5.41) is 3.27. The second-order valence-electron chi connectivity index (χ2n) is 7.72. The first kappa shape index (κ1) is 21.7. The lowest BCUT2D eigenvalue weighted by molar-refractivity contribution is 0.102. The van der Waals surface area contributed by atoms with Crippen molar-refractivity contribution >= 4 is 42.6 Å². The second-order valence-corrected chi connectivity index (χ2v) is 10.7. The molecule has 3 aromatic rings. The Hall–Kier alpha value is -2.49. The second kappa shape index (κ2) is 8.57. The Labute approximate surface area is 186 Å². The van der Waals surface area contributed by atoms with Crippen LogP contribution < -0.4 is 10.1 Å². The maximum atomic E-state index is 12.9. The van der Waals surface area contributed by atoms with Gasteiger partial charge in [0.05, 0.1) is 16.7 Å². The van der Waals surface area contributed by atoms with Gasteiger partial charge in [-0.1, -0.05) is 30.2 Å². The number of nitrogens with one attached hydrogen (secondary N) is 1. The average Bonchev–Trinajstić information content (AvgIpc) is 3.44. The van der Waals surface area contributed by atoms with Crippen molar-refractivity contribution in [2.24, 2.45) is 0 Å². The maximum absolute atomic E-state index is 12.9. The van der Waals surface area contributed by atoms with Crippen molar-refractivity contribution in [3.8, 4) is 5.75 Å². The zero-order valence-corrected chi connectivity index (χ0v) is 19.3. The van der Waals surface area contributed by atoms with E-state index in [0.717, 1.165) is 35.9 Å². The van der Waals surface area contributed by atoms with Crippen LogP contribution >= 0.6 is 11.3 Å². The van der Waals surface area contributed by atoms with Crippen molar-refractivity contribution in [1.29, 1.82) is 0 Å². The van der Waals surface area contributed by atoms with Crippen LogP contribution in [0.3, 0.4) is 0 Å². The van der Waals surface area contributed by atoms with Crippen molar-refractivity contribution in [2.75, 3.05) is 19.5 Å². The molecule has 164 valence electrons. The normalized spacial score (nSPS) is 15.0. The van der Waals surface area contributed by atoms with E-state index in [1.165, 1.54) is 39.9 Å². The Morgan fingerprint density at radius 1 is 1.16 bits per heavy atom. The van der Waals surface area contributed by atoms with Gasteiger partial charge in [-0.2, -0.15) is 4.31 Å². The Morgan fingerprint density at radius 3 is 2.48 bits per heavy atom. The molecule has 31 heavy (non-hydrogen) atoms. The minimum atomic E-state index is -3.58. The molecule has 9 heteroatoms. The van der Waals surface area contributed by atoms with E-state index in [4.69, 9.17) is 4.74 Å². The van der Waals surface area contributed by atoms with E-state index in [9.17, 15) is 13.2 Å². The lowest BCUT2D eigenvalue weighted by Crippen LogP contribution is -2.35. The van der Waals surface area contributed by atoms with Gasteiger partial charge in [0, 0.05) is 18.7 Å². The Morgan fingerprint density at radius 2 is 1.84 bits per heavy atom. The third-order valence-corrected chi connectivity index (χ3v) is 8.81. The van der Waals surface area contributed by atoms with Gasteiger partial charge in [0.25, 0.3) is 5.91 Å². The summed E-state index contributed by atoms with van der Waals surface area (Å²) in [7, 11) is -0.357. The number of sulfonamides is 1. The van der Waals surface area contributed by atoms with Crippen LogP contribution in [-0.2, 0) is 10.0 Å². The molecular formula is C22H25N3O4S2.